The van der Waals surface area contributed by atoms with Crippen molar-refractivity contribution in [1.82, 2.24) is 0 Å². The first-order chi connectivity index (χ1) is 7.79. The van der Waals surface area contributed by atoms with Gasteiger partial charge in [-0.1, -0.05) is 38.0 Å². The Morgan fingerprint density at radius 3 is 2.69 bits per heavy atom. The molecule has 16 heavy (non-hydrogen) atoms. The monoisotopic (exact) mass is 241 g/mol. The van der Waals surface area contributed by atoms with Crippen LogP contribution in [-0.4, -0.2) is 12.3 Å². The van der Waals surface area contributed by atoms with Crippen LogP contribution in [0.2, 0.25) is 0 Å². The third-order valence-electron chi connectivity index (χ3n) is 2.53. The minimum atomic E-state index is -0.138. The maximum atomic E-state index is 13.5. The van der Waals surface area contributed by atoms with Crippen LogP contribution in [0, 0.1) is 5.82 Å². The highest BCUT2D eigenvalue weighted by atomic mass is 32.2. The number of hydrogen-bond donors (Lipinski definition) is 1. The summed E-state index contributed by atoms with van der Waals surface area (Å²) in [6.45, 7) is 2.68. The van der Waals surface area contributed by atoms with E-state index in [9.17, 15) is 4.39 Å². The molecule has 0 amide bonds. The highest BCUT2D eigenvalue weighted by Crippen LogP contribution is 2.30. The van der Waals surface area contributed by atoms with E-state index >= 15 is 0 Å². The van der Waals surface area contributed by atoms with Gasteiger partial charge in [0.1, 0.15) is 5.82 Å². The van der Waals surface area contributed by atoms with Crippen molar-refractivity contribution in [1.29, 1.82) is 0 Å². The molecule has 1 aromatic rings. The van der Waals surface area contributed by atoms with E-state index in [-0.39, 0.29) is 11.1 Å². The Kier molecular flexibility index (Phi) is 6.50. The van der Waals surface area contributed by atoms with E-state index in [1.165, 1.54) is 25.3 Å². The summed E-state index contributed by atoms with van der Waals surface area (Å²) in [4.78, 5) is 0. The molecule has 0 bridgehead atoms. The maximum absolute atomic E-state index is 13.5. The fourth-order valence-corrected chi connectivity index (χ4v) is 2.76. The van der Waals surface area contributed by atoms with E-state index in [1.807, 2.05) is 12.1 Å². The van der Waals surface area contributed by atoms with Gasteiger partial charge in [-0.15, -0.1) is 0 Å². The van der Waals surface area contributed by atoms with Gasteiger partial charge in [-0.3, -0.25) is 0 Å². The fourth-order valence-electron chi connectivity index (χ4n) is 1.60. The molecule has 0 saturated carbocycles. The lowest BCUT2D eigenvalue weighted by atomic mass is 10.1. The Bertz CT molecular complexity index is 304. The zero-order valence-electron chi connectivity index (χ0n) is 9.79. The standard InChI is InChI=1S/C13H20FNS/c1-2-3-6-9-16-13(10-15)11-7-4-5-8-12(11)14/h4-5,7-8,13H,2-3,6,9-10,15H2,1H3. The molecular weight excluding hydrogens is 221 g/mol. The van der Waals surface area contributed by atoms with Crippen LogP contribution >= 0.6 is 11.8 Å². The Hall–Kier alpha value is -0.540. The molecule has 0 radical (unpaired) electrons. The fraction of sp³-hybridized carbons (Fsp3) is 0.538. The molecule has 0 spiro atoms. The van der Waals surface area contributed by atoms with E-state index in [2.05, 4.69) is 6.92 Å². The first-order valence-electron chi connectivity index (χ1n) is 5.85. The van der Waals surface area contributed by atoms with Gasteiger partial charge in [-0.25, -0.2) is 4.39 Å². The van der Waals surface area contributed by atoms with Gasteiger partial charge in [-0.05, 0) is 18.2 Å². The first-order valence-corrected chi connectivity index (χ1v) is 6.90. The minimum absolute atomic E-state index is 0.0954. The molecule has 1 aromatic carbocycles. The predicted molar refractivity (Wildman–Crippen MR) is 70.2 cm³/mol. The summed E-state index contributed by atoms with van der Waals surface area (Å²) in [6, 6.07) is 6.92. The van der Waals surface area contributed by atoms with E-state index in [0.717, 1.165) is 11.3 Å². The van der Waals surface area contributed by atoms with E-state index < -0.39 is 0 Å². The van der Waals surface area contributed by atoms with Crippen LogP contribution in [0.15, 0.2) is 24.3 Å². The van der Waals surface area contributed by atoms with E-state index in [0.29, 0.717) is 6.54 Å². The molecule has 1 rings (SSSR count). The summed E-state index contributed by atoms with van der Waals surface area (Å²) in [5, 5.41) is 0.0954. The van der Waals surface area contributed by atoms with Gasteiger partial charge >= 0.3 is 0 Å². The summed E-state index contributed by atoms with van der Waals surface area (Å²) in [6.07, 6.45) is 3.64. The van der Waals surface area contributed by atoms with Crippen molar-refractivity contribution in [2.24, 2.45) is 5.73 Å². The average molecular weight is 241 g/mol. The molecule has 0 fully saturated rings. The van der Waals surface area contributed by atoms with E-state index in [1.54, 1.807) is 17.8 Å². The number of benzene rings is 1. The molecule has 3 heteroatoms. The normalized spacial score (nSPS) is 12.7. The topological polar surface area (TPSA) is 26.0 Å². The lowest BCUT2D eigenvalue weighted by molar-refractivity contribution is 0.608. The summed E-state index contributed by atoms with van der Waals surface area (Å²) < 4.78 is 13.5. The van der Waals surface area contributed by atoms with Crippen LogP contribution < -0.4 is 5.73 Å². The number of rotatable bonds is 7. The summed E-state index contributed by atoms with van der Waals surface area (Å²) in [7, 11) is 0. The molecule has 1 atom stereocenters. The van der Waals surface area contributed by atoms with E-state index in [4.69, 9.17) is 5.73 Å². The third kappa shape index (κ3) is 4.14. The molecule has 1 nitrogen and oxygen atoms in total. The number of hydrogen-bond acceptors (Lipinski definition) is 2. The second-order valence-electron chi connectivity index (χ2n) is 3.82. The average Bonchev–Trinajstić information content (AvgIpc) is 2.31. The van der Waals surface area contributed by atoms with Crippen molar-refractivity contribution >= 4 is 11.8 Å². The van der Waals surface area contributed by atoms with Gasteiger partial charge in [-0.2, -0.15) is 11.8 Å². The van der Waals surface area contributed by atoms with Crippen LogP contribution in [0.1, 0.15) is 37.0 Å². The quantitative estimate of drug-likeness (QED) is 0.736. The van der Waals surface area contributed by atoms with Crippen molar-refractivity contribution in [3.63, 3.8) is 0 Å². The third-order valence-corrected chi connectivity index (χ3v) is 3.91. The highest BCUT2D eigenvalue weighted by molar-refractivity contribution is 7.99. The van der Waals surface area contributed by atoms with Crippen molar-refractivity contribution in [3.05, 3.63) is 35.6 Å². The lowest BCUT2D eigenvalue weighted by Crippen LogP contribution is -2.11. The summed E-state index contributed by atoms with van der Waals surface area (Å²) in [5.41, 5.74) is 6.44. The Morgan fingerprint density at radius 2 is 2.06 bits per heavy atom. The molecule has 0 saturated heterocycles. The molecular formula is C13H20FNS. The molecule has 0 aromatic heterocycles. The first kappa shape index (κ1) is 13.5. The van der Waals surface area contributed by atoms with Crippen molar-refractivity contribution in [2.75, 3.05) is 12.3 Å². The van der Waals surface area contributed by atoms with Crippen LogP contribution in [0.25, 0.3) is 0 Å². The Balaban J connectivity index is 2.51. The Morgan fingerprint density at radius 1 is 1.31 bits per heavy atom. The smallest absolute Gasteiger partial charge is 0.127 e. The van der Waals surface area contributed by atoms with Crippen LogP contribution in [0.3, 0.4) is 0 Å². The van der Waals surface area contributed by atoms with Gasteiger partial charge in [0.2, 0.25) is 0 Å². The maximum Gasteiger partial charge on any atom is 0.127 e. The highest BCUT2D eigenvalue weighted by Gasteiger charge is 2.13. The van der Waals surface area contributed by atoms with Gasteiger partial charge in [0, 0.05) is 17.4 Å². The molecule has 0 aliphatic carbocycles. The zero-order valence-corrected chi connectivity index (χ0v) is 10.6. The largest absolute Gasteiger partial charge is 0.329 e. The second kappa shape index (κ2) is 7.69. The number of halogens is 1. The molecule has 0 aliphatic heterocycles. The number of nitrogens with two attached hydrogens (primary N) is 1. The van der Waals surface area contributed by atoms with Crippen LogP contribution in [0.4, 0.5) is 4.39 Å². The van der Waals surface area contributed by atoms with Crippen molar-refractivity contribution in [3.8, 4) is 0 Å². The van der Waals surface area contributed by atoms with Gasteiger partial charge < -0.3 is 5.73 Å². The number of unbranched alkanes of at least 4 members (excludes halogenated alkanes) is 2. The van der Waals surface area contributed by atoms with Gasteiger partial charge in [0.05, 0.1) is 0 Å². The second-order valence-corrected chi connectivity index (χ2v) is 5.13. The molecule has 1 unspecified atom stereocenters. The molecule has 2 N–H and O–H groups in total. The molecule has 0 heterocycles. The predicted octanol–water partition coefficient (Wildman–Crippen LogP) is 3.75. The lowest BCUT2D eigenvalue weighted by Gasteiger charge is -2.15. The van der Waals surface area contributed by atoms with Crippen LogP contribution in [0.5, 0.6) is 0 Å². The zero-order chi connectivity index (χ0) is 11.8. The Labute approximate surface area is 102 Å². The van der Waals surface area contributed by atoms with Gasteiger partial charge in [0.15, 0.2) is 0 Å². The minimum Gasteiger partial charge on any atom is -0.329 e. The SMILES string of the molecule is CCCCCSC(CN)c1ccccc1F. The molecule has 0 aliphatic rings. The number of thioether (sulfide) groups is 1. The summed E-state index contributed by atoms with van der Waals surface area (Å²) in [5.74, 6) is 0.922. The summed E-state index contributed by atoms with van der Waals surface area (Å²) >= 11 is 1.76. The van der Waals surface area contributed by atoms with Crippen LogP contribution in [-0.2, 0) is 0 Å². The van der Waals surface area contributed by atoms with Crippen molar-refractivity contribution in [2.45, 2.75) is 31.4 Å². The molecule has 90 valence electrons. The van der Waals surface area contributed by atoms with Crippen molar-refractivity contribution < 1.29 is 4.39 Å². The van der Waals surface area contributed by atoms with Gasteiger partial charge in [0.25, 0.3) is 0 Å².